The van der Waals surface area contributed by atoms with Gasteiger partial charge in [0.2, 0.25) is 6.79 Å². The van der Waals surface area contributed by atoms with Crippen molar-refractivity contribution in [3.05, 3.63) is 53.6 Å². The molecule has 0 saturated heterocycles. The van der Waals surface area contributed by atoms with E-state index in [1.54, 1.807) is 24.3 Å². The number of hydrogen-bond donors (Lipinski definition) is 0. The van der Waals surface area contributed by atoms with Crippen LogP contribution in [0.1, 0.15) is 35.7 Å². The molecule has 1 aliphatic heterocycles. The highest BCUT2D eigenvalue weighted by Gasteiger charge is 2.18. The smallest absolute Gasteiger partial charge is 0.343 e. The lowest BCUT2D eigenvalue weighted by Gasteiger charge is -2.12. The number of carbonyl (C=O) groups excluding carboxylic acids is 1. The summed E-state index contributed by atoms with van der Waals surface area (Å²) in [6, 6.07) is 12.6. The van der Waals surface area contributed by atoms with Crippen molar-refractivity contribution in [3.8, 4) is 17.2 Å². The Balaban J connectivity index is 1.84. The van der Waals surface area contributed by atoms with E-state index in [1.165, 1.54) is 0 Å². The summed E-state index contributed by atoms with van der Waals surface area (Å²) >= 11 is 0. The molecule has 0 bridgehead atoms. The van der Waals surface area contributed by atoms with Crippen LogP contribution in [0.15, 0.2) is 42.5 Å². The van der Waals surface area contributed by atoms with Crippen LogP contribution in [-0.2, 0) is 0 Å². The Bertz CT molecular complexity index is 676. The molecule has 108 valence electrons. The van der Waals surface area contributed by atoms with Gasteiger partial charge in [-0.3, -0.25) is 0 Å². The molecule has 2 aromatic carbocycles. The standard InChI is InChI=1S/C17H16O4/c1-11(2)13-5-3-4-6-14(13)21-17(18)12-7-8-15-16(9-12)20-10-19-15/h3-9,11H,10H2,1-2H3. The SMILES string of the molecule is CC(C)c1ccccc1OC(=O)c1ccc2c(c1)OCO2. The molecular formula is C17H16O4. The zero-order valence-electron chi connectivity index (χ0n) is 12.0. The van der Waals surface area contributed by atoms with E-state index in [1.807, 2.05) is 18.2 Å². The molecule has 0 aliphatic carbocycles. The third kappa shape index (κ3) is 2.70. The number of para-hydroxylation sites is 1. The van der Waals surface area contributed by atoms with Crippen LogP contribution in [0, 0.1) is 0 Å². The number of benzene rings is 2. The Kier molecular flexibility index (Phi) is 3.52. The summed E-state index contributed by atoms with van der Waals surface area (Å²) in [7, 11) is 0. The summed E-state index contributed by atoms with van der Waals surface area (Å²) in [5.41, 5.74) is 1.45. The predicted molar refractivity (Wildman–Crippen MR) is 78.1 cm³/mol. The Hall–Kier alpha value is -2.49. The minimum absolute atomic E-state index is 0.185. The van der Waals surface area contributed by atoms with Gasteiger partial charge >= 0.3 is 5.97 Å². The minimum atomic E-state index is -0.401. The normalized spacial score (nSPS) is 12.5. The number of carbonyl (C=O) groups is 1. The maximum Gasteiger partial charge on any atom is 0.343 e. The molecule has 0 aromatic heterocycles. The lowest BCUT2D eigenvalue weighted by atomic mass is 10.0. The number of ether oxygens (including phenoxy) is 3. The van der Waals surface area contributed by atoms with E-state index in [0.717, 1.165) is 5.56 Å². The van der Waals surface area contributed by atoms with Crippen molar-refractivity contribution >= 4 is 5.97 Å². The third-order valence-corrected chi connectivity index (χ3v) is 3.35. The highest BCUT2D eigenvalue weighted by molar-refractivity contribution is 5.92. The van der Waals surface area contributed by atoms with Crippen LogP contribution in [0.5, 0.6) is 17.2 Å². The highest BCUT2D eigenvalue weighted by Crippen LogP contribution is 2.33. The second-order valence-electron chi connectivity index (χ2n) is 5.15. The predicted octanol–water partition coefficient (Wildman–Crippen LogP) is 3.76. The van der Waals surface area contributed by atoms with Crippen LogP contribution >= 0.6 is 0 Å². The van der Waals surface area contributed by atoms with Crippen molar-refractivity contribution in [1.29, 1.82) is 0 Å². The van der Waals surface area contributed by atoms with Gasteiger partial charge in [0.25, 0.3) is 0 Å². The van der Waals surface area contributed by atoms with Gasteiger partial charge in [0, 0.05) is 0 Å². The first kappa shape index (κ1) is 13.5. The second kappa shape index (κ2) is 5.48. The van der Waals surface area contributed by atoms with Gasteiger partial charge < -0.3 is 14.2 Å². The van der Waals surface area contributed by atoms with E-state index in [2.05, 4.69) is 13.8 Å². The van der Waals surface area contributed by atoms with Gasteiger partial charge in [-0.2, -0.15) is 0 Å². The summed E-state index contributed by atoms with van der Waals surface area (Å²) in [5.74, 6) is 1.69. The van der Waals surface area contributed by atoms with Crippen molar-refractivity contribution in [1.82, 2.24) is 0 Å². The molecule has 3 rings (SSSR count). The first-order chi connectivity index (χ1) is 10.1. The fraction of sp³-hybridized carbons (Fsp3) is 0.235. The molecule has 21 heavy (non-hydrogen) atoms. The average Bonchev–Trinajstić information content (AvgIpc) is 2.94. The minimum Gasteiger partial charge on any atom is -0.454 e. The third-order valence-electron chi connectivity index (χ3n) is 3.35. The van der Waals surface area contributed by atoms with Crippen LogP contribution in [0.25, 0.3) is 0 Å². The van der Waals surface area contributed by atoms with E-state index >= 15 is 0 Å². The Morgan fingerprint density at radius 3 is 2.67 bits per heavy atom. The molecule has 0 unspecified atom stereocenters. The molecule has 2 aromatic rings. The number of esters is 1. The fourth-order valence-electron chi connectivity index (χ4n) is 2.23. The van der Waals surface area contributed by atoms with Crippen LogP contribution in [0.2, 0.25) is 0 Å². The molecule has 0 amide bonds. The molecule has 0 saturated carbocycles. The van der Waals surface area contributed by atoms with Gasteiger partial charge in [-0.25, -0.2) is 4.79 Å². The van der Waals surface area contributed by atoms with E-state index in [9.17, 15) is 4.79 Å². The summed E-state index contributed by atoms with van der Waals surface area (Å²) in [4.78, 5) is 12.3. The molecule has 1 heterocycles. The first-order valence-electron chi connectivity index (χ1n) is 6.86. The Labute approximate surface area is 123 Å². The lowest BCUT2D eigenvalue weighted by Crippen LogP contribution is -2.10. The summed E-state index contributed by atoms with van der Waals surface area (Å²) in [6.45, 7) is 4.31. The van der Waals surface area contributed by atoms with E-state index in [4.69, 9.17) is 14.2 Å². The number of fused-ring (bicyclic) bond motifs is 1. The summed E-state index contributed by atoms with van der Waals surface area (Å²) in [5, 5.41) is 0. The van der Waals surface area contributed by atoms with Crippen molar-refractivity contribution < 1.29 is 19.0 Å². The van der Waals surface area contributed by atoms with Gasteiger partial charge in [0.1, 0.15) is 5.75 Å². The van der Waals surface area contributed by atoms with Crippen LogP contribution in [-0.4, -0.2) is 12.8 Å². The zero-order chi connectivity index (χ0) is 14.8. The van der Waals surface area contributed by atoms with Gasteiger partial charge in [-0.1, -0.05) is 32.0 Å². The largest absolute Gasteiger partial charge is 0.454 e. The van der Waals surface area contributed by atoms with E-state index < -0.39 is 5.97 Å². The topological polar surface area (TPSA) is 44.8 Å². The molecule has 1 aliphatic rings. The highest BCUT2D eigenvalue weighted by atomic mass is 16.7. The van der Waals surface area contributed by atoms with Crippen molar-refractivity contribution in [2.24, 2.45) is 0 Å². The molecular weight excluding hydrogens is 268 g/mol. The Morgan fingerprint density at radius 2 is 1.86 bits per heavy atom. The van der Waals surface area contributed by atoms with Crippen molar-refractivity contribution in [3.63, 3.8) is 0 Å². The van der Waals surface area contributed by atoms with Crippen LogP contribution in [0.4, 0.5) is 0 Å². The zero-order valence-corrected chi connectivity index (χ0v) is 12.0. The number of hydrogen-bond acceptors (Lipinski definition) is 4. The van der Waals surface area contributed by atoms with Crippen LogP contribution in [0.3, 0.4) is 0 Å². The van der Waals surface area contributed by atoms with Crippen LogP contribution < -0.4 is 14.2 Å². The van der Waals surface area contributed by atoms with Gasteiger partial charge in [-0.05, 0) is 35.7 Å². The number of rotatable bonds is 3. The van der Waals surface area contributed by atoms with Gasteiger partial charge in [0.15, 0.2) is 11.5 Å². The monoisotopic (exact) mass is 284 g/mol. The van der Waals surface area contributed by atoms with Crippen molar-refractivity contribution in [2.45, 2.75) is 19.8 Å². The molecule has 0 spiro atoms. The fourth-order valence-corrected chi connectivity index (χ4v) is 2.23. The molecule has 0 N–H and O–H groups in total. The van der Waals surface area contributed by atoms with Gasteiger partial charge in [-0.15, -0.1) is 0 Å². The lowest BCUT2D eigenvalue weighted by molar-refractivity contribution is 0.0732. The Morgan fingerprint density at radius 1 is 1.10 bits per heavy atom. The second-order valence-corrected chi connectivity index (χ2v) is 5.15. The molecule has 0 fully saturated rings. The summed E-state index contributed by atoms with van der Waals surface area (Å²) < 4.78 is 16.0. The average molecular weight is 284 g/mol. The molecule has 4 nitrogen and oxygen atoms in total. The first-order valence-corrected chi connectivity index (χ1v) is 6.86. The molecule has 0 radical (unpaired) electrons. The summed E-state index contributed by atoms with van der Waals surface area (Å²) in [6.07, 6.45) is 0. The molecule has 0 atom stereocenters. The van der Waals surface area contributed by atoms with E-state index in [-0.39, 0.29) is 12.7 Å². The van der Waals surface area contributed by atoms with Gasteiger partial charge in [0.05, 0.1) is 5.56 Å². The molecule has 4 heteroatoms. The maximum atomic E-state index is 12.3. The quantitative estimate of drug-likeness (QED) is 0.636. The van der Waals surface area contributed by atoms with E-state index in [0.29, 0.717) is 22.8 Å². The maximum absolute atomic E-state index is 12.3. The van der Waals surface area contributed by atoms with Crippen molar-refractivity contribution in [2.75, 3.05) is 6.79 Å².